The Morgan fingerprint density at radius 1 is 0.390 bits per heavy atom. The molecule has 0 aromatic carbocycles. The van der Waals surface area contributed by atoms with Crippen LogP contribution in [0.2, 0.25) is 0 Å². The molecule has 428 valence electrons. The normalized spacial score (nSPS) is 14.1. The lowest BCUT2D eigenvalue weighted by Gasteiger charge is -2.26. The zero-order valence-corrected chi connectivity index (χ0v) is 48.5. The lowest BCUT2D eigenvalue weighted by molar-refractivity contribution is -0.870. The number of carbonyl (C=O) groups is 3. The highest BCUT2D eigenvalue weighted by Gasteiger charge is 2.21. The lowest BCUT2D eigenvalue weighted by Crippen LogP contribution is -2.44. The molecule has 0 aliphatic carbocycles. The van der Waals surface area contributed by atoms with E-state index in [1.165, 1.54) is 0 Å². The molecule has 9 heteroatoms. The first-order chi connectivity index (χ1) is 37.6. The molecular formula is C68H103NO8. The largest absolute Gasteiger partial charge is 0.545 e. The Labute approximate surface area is 469 Å². The fourth-order valence-corrected chi connectivity index (χ4v) is 6.77. The van der Waals surface area contributed by atoms with Gasteiger partial charge in [0.2, 0.25) is 0 Å². The number of unbranched alkanes of at least 4 members (excludes halogenated alkanes) is 5. The second-order valence-corrected chi connectivity index (χ2v) is 19.5. The van der Waals surface area contributed by atoms with E-state index in [-0.39, 0.29) is 32.7 Å². The number of allylic oxidation sites excluding steroid dienone is 30. The van der Waals surface area contributed by atoms with Crippen LogP contribution in [0.4, 0.5) is 0 Å². The Morgan fingerprint density at radius 2 is 0.714 bits per heavy atom. The molecule has 0 bridgehead atoms. The van der Waals surface area contributed by atoms with Crippen molar-refractivity contribution in [2.75, 3.05) is 47.5 Å². The smallest absolute Gasteiger partial charge is 0.306 e. The van der Waals surface area contributed by atoms with Crippen molar-refractivity contribution >= 4 is 17.9 Å². The quantitative estimate of drug-likeness (QED) is 0.0195. The van der Waals surface area contributed by atoms with E-state index in [0.29, 0.717) is 30.3 Å². The third kappa shape index (κ3) is 57.9. The van der Waals surface area contributed by atoms with Gasteiger partial charge in [0.15, 0.2) is 12.4 Å². The van der Waals surface area contributed by atoms with Gasteiger partial charge < -0.3 is 33.3 Å². The highest BCUT2D eigenvalue weighted by molar-refractivity contribution is 5.70. The number of quaternary nitrogens is 1. The molecule has 0 aliphatic rings. The monoisotopic (exact) mass is 1060 g/mol. The molecule has 2 unspecified atom stereocenters. The number of likely N-dealkylation sites (N-methyl/N-ethyl adjacent to an activating group) is 1. The van der Waals surface area contributed by atoms with Crippen molar-refractivity contribution in [3.05, 3.63) is 182 Å². The Bertz CT molecular complexity index is 1910. The topological polar surface area (TPSA) is 111 Å². The van der Waals surface area contributed by atoms with Gasteiger partial charge >= 0.3 is 11.9 Å². The van der Waals surface area contributed by atoms with Crippen LogP contribution in [-0.2, 0) is 33.3 Å². The number of rotatable bonds is 50. The van der Waals surface area contributed by atoms with Gasteiger partial charge in [0.05, 0.1) is 40.3 Å². The van der Waals surface area contributed by atoms with Crippen molar-refractivity contribution in [3.63, 3.8) is 0 Å². The van der Waals surface area contributed by atoms with Crippen LogP contribution in [0.15, 0.2) is 182 Å². The lowest BCUT2D eigenvalue weighted by atomic mass is 10.1. The summed E-state index contributed by atoms with van der Waals surface area (Å²) >= 11 is 0. The van der Waals surface area contributed by atoms with Gasteiger partial charge in [0.1, 0.15) is 13.2 Å². The van der Waals surface area contributed by atoms with Gasteiger partial charge in [-0.15, -0.1) is 0 Å². The summed E-state index contributed by atoms with van der Waals surface area (Å²) in [5.41, 5.74) is 0. The van der Waals surface area contributed by atoms with Gasteiger partial charge in [-0.25, -0.2) is 0 Å². The zero-order valence-electron chi connectivity index (χ0n) is 48.5. The van der Waals surface area contributed by atoms with Crippen molar-refractivity contribution in [2.45, 2.75) is 180 Å². The molecule has 2 atom stereocenters. The number of aliphatic carboxylic acids is 1. The maximum absolute atomic E-state index is 12.8. The van der Waals surface area contributed by atoms with E-state index >= 15 is 0 Å². The van der Waals surface area contributed by atoms with E-state index in [0.717, 1.165) is 122 Å². The first-order valence-electron chi connectivity index (χ1n) is 28.9. The first kappa shape index (κ1) is 71.4. The van der Waals surface area contributed by atoms with Gasteiger partial charge in [0.25, 0.3) is 0 Å². The van der Waals surface area contributed by atoms with Gasteiger partial charge in [-0.1, -0.05) is 209 Å². The van der Waals surface area contributed by atoms with E-state index in [9.17, 15) is 19.5 Å². The molecule has 0 aromatic heterocycles. The van der Waals surface area contributed by atoms with E-state index in [2.05, 4.69) is 190 Å². The fraction of sp³-hybridized carbons (Fsp3) is 0.515. The second kappa shape index (κ2) is 56.6. The zero-order chi connectivity index (χ0) is 56.2. The van der Waals surface area contributed by atoms with Crippen LogP contribution in [-0.4, -0.2) is 82.3 Å². The van der Waals surface area contributed by atoms with Crippen molar-refractivity contribution < 1.29 is 42.9 Å². The summed E-state index contributed by atoms with van der Waals surface area (Å²) < 4.78 is 22.6. The molecule has 0 fully saturated rings. The molecule has 77 heavy (non-hydrogen) atoms. The molecule has 0 saturated carbocycles. The predicted molar refractivity (Wildman–Crippen MR) is 324 cm³/mol. The molecule has 0 radical (unpaired) electrons. The Balaban J connectivity index is 4.49. The summed E-state index contributed by atoms with van der Waals surface area (Å²) in [6.07, 6.45) is 83.7. The number of carboxylic acids is 1. The van der Waals surface area contributed by atoms with Crippen molar-refractivity contribution in [1.82, 2.24) is 0 Å². The predicted octanol–water partition coefficient (Wildman–Crippen LogP) is 16.0. The second-order valence-electron chi connectivity index (χ2n) is 19.5. The number of esters is 2. The molecule has 0 heterocycles. The van der Waals surface area contributed by atoms with Crippen molar-refractivity contribution in [2.24, 2.45) is 0 Å². The average Bonchev–Trinajstić information content (AvgIpc) is 3.40. The maximum Gasteiger partial charge on any atom is 0.306 e. The van der Waals surface area contributed by atoms with Crippen LogP contribution in [0.3, 0.4) is 0 Å². The van der Waals surface area contributed by atoms with Gasteiger partial charge in [-0.2, -0.15) is 0 Å². The number of ether oxygens (including phenoxy) is 4. The Morgan fingerprint density at radius 3 is 1.06 bits per heavy atom. The number of carboxylic acid groups (broad SMARTS) is 1. The van der Waals surface area contributed by atoms with Crippen LogP contribution < -0.4 is 5.11 Å². The third-order valence-electron chi connectivity index (χ3n) is 11.1. The Kier molecular flexibility index (Phi) is 52.5. The number of carbonyl (C=O) groups excluding carboxylic acids is 3. The van der Waals surface area contributed by atoms with E-state index in [4.69, 9.17) is 18.9 Å². The van der Waals surface area contributed by atoms with Gasteiger partial charge in [-0.05, 0) is 128 Å². The highest BCUT2D eigenvalue weighted by Crippen LogP contribution is 2.11. The first-order valence-corrected chi connectivity index (χ1v) is 28.9. The summed E-state index contributed by atoms with van der Waals surface area (Å²) in [7, 11) is 5.87. The number of hydrogen-bond acceptors (Lipinski definition) is 8. The van der Waals surface area contributed by atoms with Crippen molar-refractivity contribution in [1.29, 1.82) is 0 Å². The molecule has 0 aliphatic heterocycles. The summed E-state index contributed by atoms with van der Waals surface area (Å²) in [6.45, 7) is 4.38. The summed E-state index contributed by atoms with van der Waals surface area (Å²) in [5.74, 6) is -2.43. The molecule has 0 aromatic rings. The molecule has 0 amide bonds. The van der Waals surface area contributed by atoms with Crippen LogP contribution in [0.5, 0.6) is 0 Å². The van der Waals surface area contributed by atoms with E-state index in [1.807, 2.05) is 27.2 Å². The van der Waals surface area contributed by atoms with Crippen molar-refractivity contribution in [3.8, 4) is 0 Å². The number of hydrogen-bond donors (Lipinski definition) is 0. The minimum Gasteiger partial charge on any atom is -0.545 e. The minimum atomic E-state index is -1.66. The SMILES string of the molecule is CC/C=C\C/C=C\C/C=C\C/C=C\C/C=C\C/C=C\C/C=C\C/C=C\C/C=C\CCCC(=O)OC(COC(=O)CCCCCC/C=C\C/C=C\C/C=C\C/C=C\C/C=C\C/C=C\CC)COC(OCC[N+](C)(C)C)C(=O)[O-]. The summed E-state index contributed by atoms with van der Waals surface area (Å²) in [5, 5.41) is 11.8. The van der Waals surface area contributed by atoms with E-state index < -0.39 is 30.3 Å². The molecule has 0 spiro atoms. The van der Waals surface area contributed by atoms with Gasteiger partial charge in [-0.3, -0.25) is 9.59 Å². The maximum atomic E-state index is 12.8. The minimum absolute atomic E-state index is 0.120. The molecule has 0 rings (SSSR count). The highest BCUT2D eigenvalue weighted by atomic mass is 16.7. The Hall–Kier alpha value is -5.61. The van der Waals surface area contributed by atoms with Gasteiger partial charge in [0, 0.05) is 12.8 Å². The standard InChI is InChI=1S/C68H103NO8/c1-6-8-10-12-14-16-18-20-22-24-26-28-30-31-32-33-34-35-37-39-41-43-45-47-49-51-53-55-57-59-66(71)77-64(63-76-68(67(72)73)74-61-60-69(3,4)5)62-75-65(70)58-56-54-52-50-48-46-44-42-40-38-36-29-27-25-23-21-19-17-15-13-11-9-7-2/h8-11,14-17,20-23,26-29,31-32,34-35,38-41,44-47,51,53,64,68H,6-7,12-13,18-19,24-25,30,33,36-37,42-43,48-50,52,54-63H2,1-5H3/b10-8-,11-9-,16-14-,17-15-,22-20-,23-21-,28-26-,29-27-,32-31-,35-34-,40-38-,41-39-,46-44-,47-45-,53-51-. The molecule has 9 nitrogen and oxygen atoms in total. The van der Waals surface area contributed by atoms with Crippen LogP contribution in [0, 0.1) is 0 Å². The summed E-state index contributed by atoms with van der Waals surface area (Å²) in [4.78, 5) is 37.3. The molecule has 0 saturated heterocycles. The fourth-order valence-electron chi connectivity index (χ4n) is 6.77. The average molecular weight is 1060 g/mol. The van der Waals surface area contributed by atoms with Crippen LogP contribution >= 0.6 is 0 Å². The molecule has 0 N–H and O–H groups in total. The molecular weight excluding hydrogens is 959 g/mol. The summed E-state index contributed by atoms with van der Waals surface area (Å²) in [6, 6.07) is 0. The van der Waals surface area contributed by atoms with Crippen LogP contribution in [0.25, 0.3) is 0 Å². The third-order valence-corrected chi connectivity index (χ3v) is 11.1. The van der Waals surface area contributed by atoms with Crippen LogP contribution in [0.1, 0.15) is 168 Å². The van der Waals surface area contributed by atoms with E-state index in [1.54, 1.807) is 0 Å². The number of nitrogens with zero attached hydrogens (tertiary/aromatic N) is 1.